The molecule has 94 valence electrons. The van der Waals surface area contributed by atoms with Crippen molar-refractivity contribution in [1.82, 2.24) is 20.4 Å². The first-order chi connectivity index (χ1) is 8.18. The fourth-order valence-electron chi connectivity index (χ4n) is 2.15. The standard InChI is InChI=1S/C12H20N4O/c1-9-11(8-14-16(9)2)12(17)15-10-4-3-6-13-7-5-10/h8,10,13H,3-7H2,1-2H3,(H,15,17). The van der Waals surface area contributed by atoms with Gasteiger partial charge < -0.3 is 10.6 Å². The van der Waals surface area contributed by atoms with E-state index in [0.717, 1.165) is 38.0 Å². The summed E-state index contributed by atoms with van der Waals surface area (Å²) >= 11 is 0. The number of aryl methyl sites for hydroxylation is 1. The van der Waals surface area contributed by atoms with Crippen LogP contribution < -0.4 is 10.6 Å². The van der Waals surface area contributed by atoms with E-state index >= 15 is 0 Å². The molecule has 0 radical (unpaired) electrons. The molecule has 1 aliphatic rings. The SMILES string of the molecule is Cc1c(C(=O)NC2CCCNCC2)cnn1C. The Morgan fingerprint density at radius 1 is 1.53 bits per heavy atom. The summed E-state index contributed by atoms with van der Waals surface area (Å²) in [6.07, 6.45) is 4.82. The average molecular weight is 236 g/mol. The molecule has 0 aliphatic carbocycles. The van der Waals surface area contributed by atoms with Gasteiger partial charge in [0.15, 0.2) is 0 Å². The monoisotopic (exact) mass is 236 g/mol. The molecule has 17 heavy (non-hydrogen) atoms. The van der Waals surface area contributed by atoms with Crippen molar-refractivity contribution in [2.75, 3.05) is 13.1 Å². The Labute approximate surface area is 102 Å². The molecule has 5 nitrogen and oxygen atoms in total. The molecule has 1 aromatic heterocycles. The van der Waals surface area contributed by atoms with Gasteiger partial charge in [0.1, 0.15) is 0 Å². The van der Waals surface area contributed by atoms with Crippen LogP contribution in [0.2, 0.25) is 0 Å². The molecule has 0 spiro atoms. The topological polar surface area (TPSA) is 59.0 Å². The van der Waals surface area contributed by atoms with Crippen LogP contribution in [0.5, 0.6) is 0 Å². The molecule has 5 heteroatoms. The van der Waals surface area contributed by atoms with Crippen molar-refractivity contribution in [3.05, 3.63) is 17.5 Å². The van der Waals surface area contributed by atoms with Gasteiger partial charge in [-0.25, -0.2) is 0 Å². The first-order valence-corrected chi connectivity index (χ1v) is 6.18. The Kier molecular flexibility index (Phi) is 3.78. The van der Waals surface area contributed by atoms with Crippen LogP contribution in [0.3, 0.4) is 0 Å². The summed E-state index contributed by atoms with van der Waals surface area (Å²) in [5, 5.41) is 10.5. The third kappa shape index (κ3) is 2.85. The minimum Gasteiger partial charge on any atom is -0.349 e. The molecule has 1 unspecified atom stereocenters. The van der Waals surface area contributed by atoms with E-state index in [1.165, 1.54) is 0 Å². The average Bonchev–Trinajstić information content (AvgIpc) is 2.55. The zero-order chi connectivity index (χ0) is 12.3. The zero-order valence-corrected chi connectivity index (χ0v) is 10.5. The predicted molar refractivity (Wildman–Crippen MR) is 65.9 cm³/mol. The van der Waals surface area contributed by atoms with Crippen LogP contribution in [-0.2, 0) is 7.05 Å². The molecule has 1 fully saturated rings. The largest absolute Gasteiger partial charge is 0.349 e. The number of rotatable bonds is 2. The molecule has 1 atom stereocenters. The normalized spacial score (nSPS) is 20.9. The highest BCUT2D eigenvalue weighted by atomic mass is 16.1. The molecule has 0 aromatic carbocycles. The molecule has 0 saturated carbocycles. The quantitative estimate of drug-likeness (QED) is 0.790. The molecule has 2 rings (SSSR count). The van der Waals surface area contributed by atoms with E-state index in [-0.39, 0.29) is 11.9 Å². The van der Waals surface area contributed by atoms with Gasteiger partial charge in [0.2, 0.25) is 0 Å². The van der Waals surface area contributed by atoms with Crippen LogP contribution in [0, 0.1) is 6.92 Å². The lowest BCUT2D eigenvalue weighted by molar-refractivity contribution is 0.0933. The van der Waals surface area contributed by atoms with Crippen LogP contribution >= 0.6 is 0 Å². The van der Waals surface area contributed by atoms with E-state index in [0.29, 0.717) is 5.56 Å². The van der Waals surface area contributed by atoms with Gasteiger partial charge in [0, 0.05) is 18.8 Å². The van der Waals surface area contributed by atoms with Crippen LogP contribution in [0.4, 0.5) is 0 Å². The molecule has 1 amide bonds. The highest BCUT2D eigenvalue weighted by Gasteiger charge is 2.18. The van der Waals surface area contributed by atoms with Crippen molar-refractivity contribution >= 4 is 5.91 Å². The highest BCUT2D eigenvalue weighted by Crippen LogP contribution is 2.09. The maximum absolute atomic E-state index is 12.1. The first kappa shape index (κ1) is 12.1. The van der Waals surface area contributed by atoms with E-state index in [9.17, 15) is 4.79 Å². The van der Waals surface area contributed by atoms with Gasteiger partial charge >= 0.3 is 0 Å². The third-order valence-corrected chi connectivity index (χ3v) is 3.39. The second-order valence-electron chi connectivity index (χ2n) is 4.62. The van der Waals surface area contributed by atoms with Crippen LogP contribution in [-0.4, -0.2) is 34.8 Å². The van der Waals surface area contributed by atoms with Crippen molar-refractivity contribution in [3.63, 3.8) is 0 Å². The van der Waals surface area contributed by atoms with Gasteiger partial charge in [0.05, 0.1) is 11.8 Å². The van der Waals surface area contributed by atoms with Gasteiger partial charge in [-0.2, -0.15) is 5.10 Å². The van der Waals surface area contributed by atoms with Gasteiger partial charge in [-0.3, -0.25) is 9.48 Å². The van der Waals surface area contributed by atoms with Gasteiger partial charge in [-0.1, -0.05) is 0 Å². The van der Waals surface area contributed by atoms with Gasteiger partial charge in [-0.05, 0) is 39.3 Å². The zero-order valence-electron chi connectivity index (χ0n) is 10.5. The number of hydrogen-bond acceptors (Lipinski definition) is 3. The predicted octanol–water partition coefficient (Wildman–Crippen LogP) is 0.600. The van der Waals surface area contributed by atoms with Gasteiger partial charge in [0.25, 0.3) is 5.91 Å². The minimum absolute atomic E-state index is 0.00231. The lowest BCUT2D eigenvalue weighted by Gasteiger charge is -2.15. The second kappa shape index (κ2) is 5.31. The van der Waals surface area contributed by atoms with Crippen LogP contribution in [0.15, 0.2) is 6.20 Å². The minimum atomic E-state index is 0.00231. The Morgan fingerprint density at radius 2 is 2.35 bits per heavy atom. The van der Waals surface area contributed by atoms with Crippen molar-refractivity contribution in [2.45, 2.75) is 32.2 Å². The maximum Gasteiger partial charge on any atom is 0.254 e. The van der Waals surface area contributed by atoms with E-state index in [1.54, 1.807) is 10.9 Å². The van der Waals surface area contributed by atoms with Crippen molar-refractivity contribution in [3.8, 4) is 0 Å². The number of nitrogens with zero attached hydrogens (tertiary/aromatic N) is 2. The Balaban J connectivity index is 1.98. The lowest BCUT2D eigenvalue weighted by Crippen LogP contribution is -2.35. The summed E-state index contributed by atoms with van der Waals surface area (Å²) in [6, 6.07) is 0.289. The number of nitrogens with one attached hydrogen (secondary N) is 2. The molecule has 1 aromatic rings. The summed E-state index contributed by atoms with van der Waals surface area (Å²) in [7, 11) is 1.85. The summed E-state index contributed by atoms with van der Waals surface area (Å²) < 4.78 is 1.73. The van der Waals surface area contributed by atoms with E-state index in [2.05, 4.69) is 15.7 Å². The molecule has 2 N–H and O–H groups in total. The number of aromatic nitrogens is 2. The first-order valence-electron chi connectivity index (χ1n) is 6.18. The number of amides is 1. The molecule has 2 heterocycles. The summed E-state index contributed by atoms with van der Waals surface area (Å²) in [5.41, 5.74) is 1.60. The van der Waals surface area contributed by atoms with Crippen molar-refractivity contribution in [2.24, 2.45) is 7.05 Å². The fourth-order valence-corrected chi connectivity index (χ4v) is 2.15. The van der Waals surface area contributed by atoms with Gasteiger partial charge in [-0.15, -0.1) is 0 Å². The maximum atomic E-state index is 12.1. The van der Waals surface area contributed by atoms with Crippen molar-refractivity contribution < 1.29 is 4.79 Å². The van der Waals surface area contributed by atoms with E-state index in [1.807, 2.05) is 14.0 Å². The Hall–Kier alpha value is -1.36. The van der Waals surface area contributed by atoms with Crippen molar-refractivity contribution in [1.29, 1.82) is 0 Å². The second-order valence-corrected chi connectivity index (χ2v) is 4.62. The number of hydrogen-bond donors (Lipinski definition) is 2. The molecular weight excluding hydrogens is 216 g/mol. The molecule has 1 aliphatic heterocycles. The summed E-state index contributed by atoms with van der Waals surface area (Å²) in [4.78, 5) is 12.1. The van der Waals surface area contributed by atoms with E-state index < -0.39 is 0 Å². The smallest absolute Gasteiger partial charge is 0.254 e. The molecule has 0 bridgehead atoms. The van der Waals surface area contributed by atoms with Crippen LogP contribution in [0.1, 0.15) is 35.3 Å². The number of carbonyl (C=O) groups excluding carboxylic acids is 1. The Morgan fingerprint density at radius 3 is 3.06 bits per heavy atom. The summed E-state index contributed by atoms with van der Waals surface area (Å²) in [5.74, 6) is 0.00231. The molecule has 1 saturated heterocycles. The lowest BCUT2D eigenvalue weighted by atomic mass is 10.1. The third-order valence-electron chi connectivity index (χ3n) is 3.39. The van der Waals surface area contributed by atoms with E-state index in [4.69, 9.17) is 0 Å². The summed E-state index contributed by atoms with van der Waals surface area (Å²) in [6.45, 7) is 3.95. The number of carbonyl (C=O) groups is 1. The molecular formula is C12H20N4O. The van der Waals surface area contributed by atoms with Crippen LogP contribution in [0.25, 0.3) is 0 Å². The fraction of sp³-hybridized carbons (Fsp3) is 0.667. The highest BCUT2D eigenvalue weighted by molar-refractivity contribution is 5.95. The Bertz CT molecular complexity index is 391.